The van der Waals surface area contributed by atoms with Gasteiger partial charge in [-0.15, -0.1) is 5.10 Å². The first kappa shape index (κ1) is 11.7. The van der Waals surface area contributed by atoms with E-state index in [4.69, 9.17) is 5.73 Å². The molecule has 0 saturated carbocycles. The van der Waals surface area contributed by atoms with Crippen molar-refractivity contribution < 1.29 is 9.72 Å². The Morgan fingerprint density at radius 2 is 2.22 bits per heavy atom. The first-order valence-electron chi connectivity index (χ1n) is 4.96. The average Bonchev–Trinajstić information content (AvgIpc) is 2.74. The molecular weight excluding hydrogens is 238 g/mol. The predicted molar refractivity (Wildman–Crippen MR) is 62.0 cm³/mol. The molecule has 2 rings (SSSR count). The summed E-state index contributed by atoms with van der Waals surface area (Å²) in [5.41, 5.74) is 5.95. The molecule has 1 heterocycles. The number of nitrogen functional groups attached to an aromatic ring is 1. The second-order valence-electron chi connectivity index (χ2n) is 3.61. The second kappa shape index (κ2) is 4.24. The molecule has 0 unspecified atom stereocenters. The molecule has 0 aliphatic heterocycles. The second-order valence-corrected chi connectivity index (χ2v) is 3.61. The molecule has 2 N–H and O–H groups in total. The van der Waals surface area contributed by atoms with E-state index < -0.39 is 10.8 Å². The fourth-order valence-electron chi connectivity index (χ4n) is 1.50. The van der Waals surface area contributed by atoms with E-state index in [1.54, 1.807) is 6.92 Å². The minimum Gasteiger partial charge on any atom is -0.366 e. The molecule has 0 atom stereocenters. The van der Waals surface area contributed by atoms with Crippen LogP contribution in [-0.4, -0.2) is 25.6 Å². The minimum atomic E-state index is -0.503. The molecule has 0 aliphatic rings. The van der Waals surface area contributed by atoms with Crippen molar-refractivity contribution in [2.45, 2.75) is 6.92 Å². The number of nitro benzene ring substituents is 1. The molecule has 2 aromatic rings. The van der Waals surface area contributed by atoms with E-state index in [2.05, 4.69) is 10.1 Å². The molecule has 0 bridgehead atoms. The first-order valence-corrected chi connectivity index (χ1v) is 4.96. The van der Waals surface area contributed by atoms with Crippen LogP contribution in [0.2, 0.25) is 0 Å². The van der Waals surface area contributed by atoms with Gasteiger partial charge in [0.15, 0.2) is 0 Å². The molecule has 0 spiro atoms. The molecule has 0 radical (unpaired) electrons. The highest BCUT2D eigenvalue weighted by atomic mass is 16.6. The summed E-state index contributed by atoms with van der Waals surface area (Å²) in [6.45, 7) is 1.56. The monoisotopic (exact) mass is 247 g/mol. The van der Waals surface area contributed by atoms with Crippen LogP contribution in [0.15, 0.2) is 24.5 Å². The normalized spacial score (nSPS) is 10.3. The molecule has 0 aliphatic carbocycles. The summed E-state index contributed by atoms with van der Waals surface area (Å²) in [6.07, 6.45) is 1.19. The van der Waals surface area contributed by atoms with E-state index in [1.807, 2.05) is 0 Å². The minimum absolute atomic E-state index is 0.0121. The highest BCUT2D eigenvalue weighted by Crippen LogP contribution is 2.19. The van der Waals surface area contributed by atoms with Gasteiger partial charge in [0.1, 0.15) is 6.33 Å². The van der Waals surface area contributed by atoms with Crippen LogP contribution in [0.4, 0.5) is 11.6 Å². The third kappa shape index (κ3) is 2.03. The Labute approximate surface area is 101 Å². The maximum absolute atomic E-state index is 11.9. The number of hydrogen-bond acceptors (Lipinski definition) is 6. The standard InChI is InChI=1S/C10H9N5O3/c1-6-4-7(2-3-8(6)15(17)18)9(16)14-5-12-10(11)13-14/h2-5H,1H3,(H2,11,13). The van der Waals surface area contributed by atoms with E-state index in [-0.39, 0.29) is 17.2 Å². The topological polar surface area (TPSA) is 117 Å². The van der Waals surface area contributed by atoms with Gasteiger partial charge >= 0.3 is 0 Å². The molecule has 8 heteroatoms. The van der Waals surface area contributed by atoms with E-state index in [1.165, 1.54) is 24.5 Å². The van der Waals surface area contributed by atoms with Crippen molar-refractivity contribution in [3.63, 3.8) is 0 Å². The molecular formula is C10H9N5O3. The van der Waals surface area contributed by atoms with E-state index >= 15 is 0 Å². The largest absolute Gasteiger partial charge is 0.366 e. The Morgan fingerprint density at radius 1 is 1.50 bits per heavy atom. The molecule has 0 saturated heterocycles. The van der Waals surface area contributed by atoms with Crippen LogP contribution >= 0.6 is 0 Å². The van der Waals surface area contributed by atoms with Crippen molar-refractivity contribution in [3.05, 3.63) is 45.8 Å². The van der Waals surface area contributed by atoms with Crippen molar-refractivity contribution in [2.24, 2.45) is 0 Å². The van der Waals surface area contributed by atoms with Crippen LogP contribution in [0.1, 0.15) is 15.9 Å². The van der Waals surface area contributed by atoms with Gasteiger partial charge in [-0.1, -0.05) is 0 Å². The number of rotatable bonds is 2. The van der Waals surface area contributed by atoms with Crippen LogP contribution in [0.3, 0.4) is 0 Å². The number of hydrogen-bond donors (Lipinski definition) is 1. The lowest BCUT2D eigenvalue weighted by Gasteiger charge is -2.02. The maximum atomic E-state index is 11.9. The number of nitrogens with two attached hydrogens (primary N) is 1. The molecule has 1 aromatic heterocycles. The zero-order valence-electron chi connectivity index (χ0n) is 9.40. The number of aryl methyl sites for hydroxylation is 1. The fourth-order valence-corrected chi connectivity index (χ4v) is 1.50. The maximum Gasteiger partial charge on any atom is 0.279 e. The van der Waals surface area contributed by atoms with Crippen LogP contribution in [0.5, 0.6) is 0 Å². The van der Waals surface area contributed by atoms with Crippen molar-refractivity contribution in [1.29, 1.82) is 0 Å². The van der Waals surface area contributed by atoms with Gasteiger partial charge in [-0.2, -0.15) is 4.68 Å². The van der Waals surface area contributed by atoms with Crippen molar-refractivity contribution in [3.8, 4) is 0 Å². The Bertz CT molecular complexity index is 634. The van der Waals surface area contributed by atoms with Crippen LogP contribution in [0.25, 0.3) is 0 Å². The lowest BCUT2D eigenvalue weighted by atomic mass is 10.1. The molecule has 1 aromatic carbocycles. The van der Waals surface area contributed by atoms with Gasteiger partial charge in [-0.25, -0.2) is 4.98 Å². The summed E-state index contributed by atoms with van der Waals surface area (Å²) in [5, 5.41) is 14.3. The zero-order valence-corrected chi connectivity index (χ0v) is 9.40. The van der Waals surface area contributed by atoms with Crippen LogP contribution in [-0.2, 0) is 0 Å². The molecule has 0 fully saturated rings. The van der Waals surface area contributed by atoms with Crippen molar-refractivity contribution in [2.75, 3.05) is 5.73 Å². The Morgan fingerprint density at radius 3 is 2.72 bits per heavy atom. The van der Waals surface area contributed by atoms with E-state index in [0.29, 0.717) is 5.56 Å². The summed E-state index contributed by atoms with van der Waals surface area (Å²) in [4.78, 5) is 25.7. The van der Waals surface area contributed by atoms with Crippen LogP contribution in [0, 0.1) is 17.0 Å². The molecule has 0 amide bonds. The molecule has 8 nitrogen and oxygen atoms in total. The van der Waals surface area contributed by atoms with Gasteiger partial charge in [-0.05, 0) is 19.1 Å². The summed E-state index contributed by atoms with van der Waals surface area (Å²) in [5.74, 6) is -0.459. The van der Waals surface area contributed by atoms with Gasteiger partial charge in [0.05, 0.1) is 4.92 Å². The number of nitro groups is 1. The lowest BCUT2D eigenvalue weighted by molar-refractivity contribution is -0.385. The van der Waals surface area contributed by atoms with Crippen molar-refractivity contribution in [1.82, 2.24) is 14.8 Å². The Hall–Kier alpha value is -2.77. The summed E-state index contributed by atoms with van der Waals surface area (Å²) < 4.78 is 0.982. The van der Waals surface area contributed by atoms with Gasteiger partial charge in [-0.3, -0.25) is 14.9 Å². The Balaban J connectivity index is 2.38. The highest BCUT2D eigenvalue weighted by Gasteiger charge is 2.15. The van der Waals surface area contributed by atoms with Crippen LogP contribution < -0.4 is 5.73 Å². The average molecular weight is 247 g/mol. The SMILES string of the molecule is Cc1cc(C(=O)n2cnc(N)n2)ccc1[N+](=O)[O-]. The summed E-state index contributed by atoms with van der Waals surface area (Å²) in [7, 11) is 0. The van der Waals surface area contributed by atoms with Gasteiger partial charge in [0.2, 0.25) is 5.95 Å². The smallest absolute Gasteiger partial charge is 0.279 e. The van der Waals surface area contributed by atoms with Crippen molar-refractivity contribution >= 4 is 17.5 Å². The lowest BCUT2D eigenvalue weighted by Crippen LogP contribution is -2.13. The molecule has 92 valence electrons. The third-order valence-corrected chi connectivity index (χ3v) is 2.36. The third-order valence-electron chi connectivity index (χ3n) is 2.36. The fraction of sp³-hybridized carbons (Fsp3) is 0.100. The number of carbonyl (C=O) groups is 1. The van der Waals surface area contributed by atoms with E-state index in [0.717, 1.165) is 4.68 Å². The number of benzene rings is 1. The zero-order chi connectivity index (χ0) is 13.3. The summed E-state index contributed by atoms with van der Waals surface area (Å²) in [6, 6.07) is 4.08. The number of nitrogens with zero attached hydrogens (tertiary/aromatic N) is 4. The number of carbonyl (C=O) groups excluding carboxylic acids is 1. The quantitative estimate of drug-likeness (QED) is 0.618. The summed E-state index contributed by atoms with van der Waals surface area (Å²) >= 11 is 0. The molecule has 18 heavy (non-hydrogen) atoms. The van der Waals surface area contributed by atoms with Gasteiger partial charge < -0.3 is 5.73 Å². The highest BCUT2D eigenvalue weighted by molar-refractivity contribution is 5.95. The van der Waals surface area contributed by atoms with E-state index in [9.17, 15) is 14.9 Å². The van der Waals surface area contributed by atoms with Gasteiger partial charge in [0.25, 0.3) is 11.6 Å². The van der Waals surface area contributed by atoms with Gasteiger partial charge in [0, 0.05) is 17.2 Å². The number of aromatic nitrogens is 3. The number of anilines is 1. The Kier molecular flexibility index (Phi) is 2.76. The first-order chi connectivity index (χ1) is 8.49. The predicted octanol–water partition coefficient (Wildman–Crippen LogP) is 0.765.